The Bertz CT molecular complexity index is 1200. The number of hydrogen-bond donors (Lipinski definition) is 1. The molecule has 1 aliphatic heterocycles. The van der Waals surface area contributed by atoms with E-state index in [-0.39, 0.29) is 5.02 Å². The standard InChI is InChI=1S/C25H30ClFN4O2/c1-15-8-21-22(9-16(15)2)31(14-17-6-7-20(27)19(26)10-17)23(29-21)30-12-18(13-30)11-28-24(32)33-25(3,4)5/h6-10,18H,11-14H2,1-5H3,(H,28,32). The Balaban J connectivity index is 1.53. The van der Waals surface area contributed by atoms with Crippen molar-refractivity contribution in [1.29, 1.82) is 0 Å². The molecule has 1 saturated heterocycles. The molecule has 1 amide bonds. The van der Waals surface area contributed by atoms with E-state index in [1.54, 1.807) is 12.1 Å². The second-order valence-electron chi connectivity index (χ2n) is 9.83. The second kappa shape index (κ2) is 8.86. The Hall–Kier alpha value is -2.80. The monoisotopic (exact) mass is 472 g/mol. The Labute approximate surface area is 198 Å². The van der Waals surface area contributed by atoms with Gasteiger partial charge in [-0.3, -0.25) is 0 Å². The highest BCUT2D eigenvalue weighted by Crippen LogP contribution is 2.31. The zero-order valence-corrected chi connectivity index (χ0v) is 20.5. The molecule has 0 spiro atoms. The number of carbonyl (C=O) groups excluding carboxylic acids is 1. The second-order valence-corrected chi connectivity index (χ2v) is 10.2. The summed E-state index contributed by atoms with van der Waals surface area (Å²) in [6.45, 7) is 12.4. The lowest BCUT2D eigenvalue weighted by atomic mass is 10.0. The summed E-state index contributed by atoms with van der Waals surface area (Å²) >= 11 is 6.02. The topological polar surface area (TPSA) is 59.4 Å². The van der Waals surface area contributed by atoms with E-state index in [1.807, 2.05) is 20.8 Å². The van der Waals surface area contributed by atoms with Gasteiger partial charge in [0.15, 0.2) is 0 Å². The number of imidazole rings is 1. The van der Waals surface area contributed by atoms with E-state index in [0.717, 1.165) is 35.6 Å². The van der Waals surface area contributed by atoms with E-state index >= 15 is 0 Å². The fraction of sp³-hybridized carbons (Fsp3) is 0.440. The quantitative estimate of drug-likeness (QED) is 0.536. The number of ether oxygens (including phenoxy) is 1. The maximum atomic E-state index is 13.7. The van der Waals surface area contributed by atoms with E-state index in [9.17, 15) is 9.18 Å². The molecule has 0 radical (unpaired) electrons. The molecule has 6 nitrogen and oxygen atoms in total. The number of amides is 1. The highest BCUT2D eigenvalue weighted by Gasteiger charge is 2.31. The number of aryl methyl sites for hydroxylation is 2. The number of hydrogen-bond acceptors (Lipinski definition) is 4. The number of fused-ring (bicyclic) bond motifs is 1. The molecule has 1 aliphatic rings. The highest BCUT2D eigenvalue weighted by atomic mass is 35.5. The normalized spacial score (nSPS) is 14.5. The highest BCUT2D eigenvalue weighted by molar-refractivity contribution is 6.30. The minimum atomic E-state index is -0.514. The maximum Gasteiger partial charge on any atom is 0.407 e. The summed E-state index contributed by atoms with van der Waals surface area (Å²) in [4.78, 5) is 19.1. The number of aromatic nitrogens is 2. The van der Waals surface area contributed by atoms with Gasteiger partial charge in [0.25, 0.3) is 0 Å². The summed E-state index contributed by atoms with van der Waals surface area (Å²) in [5, 5.41) is 2.97. The first-order chi connectivity index (χ1) is 15.5. The molecular weight excluding hydrogens is 443 g/mol. The van der Waals surface area contributed by atoms with Gasteiger partial charge in [-0.1, -0.05) is 17.7 Å². The number of carbonyl (C=O) groups is 1. The van der Waals surface area contributed by atoms with Crippen LogP contribution >= 0.6 is 11.6 Å². The lowest BCUT2D eigenvalue weighted by molar-refractivity contribution is 0.0516. The van der Waals surface area contributed by atoms with E-state index in [4.69, 9.17) is 21.3 Å². The van der Waals surface area contributed by atoms with Gasteiger partial charge >= 0.3 is 6.09 Å². The lowest BCUT2D eigenvalue weighted by Crippen LogP contribution is -2.52. The minimum absolute atomic E-state index is 0.114. The van der Waals surface area contributed by atoms with Gasteiger partial charge in [0.05, 0.1) is 22.6 Å². The van der Waals surface area contributed by atoms with Gasteiger partial charge < -0.3 is 19.5 Å². The van der Waals surface area contributed by atoms with Crippen LogP contribution in [0.4, 0.5) is 15.1 Å². The zero-order valence-electron chi connectivity index (χ0n) is 19.7. The molecule has 3 aromatic rings. The largest absolute Gasteiger partial charge is 0.444 e. The predicted octanol–water partition coefficient (Wildman–Crippen LogP) is 5.45. The van der Waals surface area contributed by atoms with Gasteiger partial charge in [0.1, 0.15) is 11.4 Å². The summed E-state index contributed by atoms with van der Waals surface area (Å²) in [6.07, 6.45) is -0.396. The first kappa shape index (κ1) is 23.4. The van der Waals surface area contributed by atoms with Crippen molar-refractivity contribution >= 4 is 34.7 Å². The number of rotatable bonds is 5. The first-order valence-corrected chi connectivity index (χ1v) is 11.5. The van der Waals surface area contributed by atoms with Crippen molar-refractivity contribution in [2.75, 3.05) is 24.5 Å². The van der Waals surface area contributed by atoms with Crippen LogP contribution in [0.2, 0.25) is 5.02 Å². The number of halogens is 2. The summed E-state index contributed by atoms with van der Waals surface area (Å²) < 4.78 is 21.1. The van der Waals surface area contributed by atoms with E-state index in [0.29, 0.717) is 19.0 Å². The molecule has 4 rings (SSSR count). The number of benzene rings is 2. The third kappa shape index (κ3) is 5.24. The van der Waals surface area contributed by atoms with E-state index < -0.39 is 17.5 Å². The average molecular weight is 473 g/mol. The molecule has 0 atom stereocenters. The number of anilines is 1. The number of nitrogens with zero attached hydrogens (tertiary/aromatic N) is 3. The first-order valence-electron chi connectivity index (χ1n) is 11.1. The summed E-state index contributed by atoms with van der Waals surface area (Å²) in [5.74, 6) is 0.754. The van der Waals surface area contributed by atoms with Crippen LogP contribution in [-0.2, 0) is 11.3 Å². The van der Waals surface area contributed by atoms with Crippen LogP contribution in [0, 0.1) is 25.6 Å². The van der Waals surface area contributed by atoms with Crippen LogP contribution in [0.25, 0.3) is 11.0 Å². The van der Waals surface area contributed by atoms with Gasteiger partial charge in [0.2, 0.25) is 5.95 Å². The van der Waals surface area contributed by atoms with Crippen LogP contribution < -0.4 is 10.2 Å². The Kier molecular flexibility index (Phi) is 6.27. The van der Waals surface area contributed by atoms with Crippen LogP contribution in [0.5, 0.6) is 0 Å². The summed E-state index contributed by atoms with van der Waals surface area (Å²) in [6, 6.07) is 9.06. The Morgan fingerprint density at radius 3 is 2.58 bits per heavy atom. The van der Waals surface area contributed by atoms with Crippen molar-refractivity contribution in [2.24, 2.45) is 5.92 Å². The Morgan fingerprint density at radius 1 is 1.21 bits per heavy atom. The van der Waals surface area contributed by atoms with Crippen molar-refractivity contribution in [1.82, 2.24) is 14.9 Å². The van der Waals surface area contributed by atoms with Crippen molar-refractivity contribution < 1.29 is 13.9 Å². The molecule has 0 aliphatic carbocycles. The molecule has 33 heavy (non-hydrogen) atoms. The van der Waals surface area contributed by atoms with Crippen molar-refractivity contribution in [2.45, 2.75) is 46.8 Å². The smallest absolute Gasteiger partial charge is 0.407 e. The fourth-order valence-electron chi connectivity index (χ4n) is 3.99. The lowest BCUT2D eigenvalue weighted by Gasteiger charge is -2.40. The molecule has 176 valence electrons. The maximum absolute atomic E-state index is 13.7. The molecule has 0 unspecified atom stereocenters. The molecule has 1 aromatic heterocycles. The van der Waals surface area contributed by atoms with E-state index in [2.05, 4.69) is 40.8 Å². The van der Waals surface area contributed by atoms with Gasteiger partial charge in [-0.2, -0.15) is 0 Å². The zero-order chi connectivity index (χ0) is 23.9. The van der Waals surface area contributed by atoms with Crippen LogP contribution in [0.15, 0.2) is 30.3 Å². The molecule has 1 N–H and O–H groups in total. The summed E-state index contributed by atoms with van der Waals surface area (Å²) in [5.41, 5.74) is 4.73. The number of nitrogens with one attached hydrogen (secondary N) is 1. The van der Waals surface area contributed by atoms with Crippen LogP contribution in [-0.4, -0.2) is 40.9 Å². The Morgan fingerprint density at radius 2 is 1.91 bits per heavy atom. The SMILES string of the molecule is Cc1cc2nc(N3CC(CNC(=O)OC(C)(C)C)C3)n(Cc3ccc(F)c(Cl)c3)c2cc1C. The molecule has 2 aromatic carbocycles. The number of alkyl carbamates (subject to hydrolysis) is 1. The van der Waals surface area contributed by atoms with Gasteiger partial charge in [0, 0.05) is 25.6 Å². The van der Waals surface area contributed by atoms with Crippen molar-refractivity contribution in [3.8, 4) is 0 Å². The van der Waals surface area contributed by atoms with Crippen molar-refractivity contribution in [3.05, 3.63) is 57.9 Å². The predicted molar refractivity (Wildman–Crippen MR) is 130 cm³/mol. The third-order valence-corrected chi connectivity index (χ3v) is 6.13. The molecular formula is C25H30ClFN4O2. The van der Waals surface area contributed by atoms with Gasteiger partial charge in [-0.05, 0) is 75.6 Å². The molecule has 8 heteroatoms. The third-order valence-electron chi connectivity index (χ3n) is 5.84. The van der Waals surface area contributed by atoms with Crippen LogP contribution in [0.3, 0.4) is 0 Å². The molecule has 2 heterocycles. The molecule has 1 fully saturated rings. The fourth-order valence-corrected chi connectivity index (χ4v) is 4.19. The van der Waals surface area contributed by atoms with Gasteiger partial charge in [-0.15, -0.1) is 0 Å². The van der Waals surface area contributed by atoms with Gasteiger partial charge in [-0.25, -0.2) is 14.2 Å². The van der Waals surface area contributed by atoms with Crippen molar-refractivity contribution in [3.63, 3.8) is 0 Å². The average Bonchev–Trinajstić information content (AvgIpc) is 2.99. The molecule has 0 bridgehead atoms. The minimum Gasteiger partial charge on any atom is -0.444 e. The summed E-state index contributed by atoms with van der Waals surface area (Å²) in [7, 11) is 0. The van der Waals surface area contributed by atoms with Crippen LogP contribution in [0.1, 0.15) is 37.5 Å². The van der Waals surface area contributed by atoms with E-state index in [1.165, 1.54) is 17.2 Å². The molecule has 0 saturated carbocycles.